The van der Waals surface area contributed by atoms with Gasteiger partial charge in [-0.05, 0) is 27.7 Å². The fraction of sp³-hybridized carbons (Fsp3) is 0.538. The summed E-state index contributed by atoms with van der Waals surface area (Å²) in [4.78, 5) is 0. The summed E-state index contributed by atoms with van der Waals surface area (Å²) in [6, 6.07) is 0. The van der Waals surface area contributed by atoms with E-state index in [1.165, 1.54) is 11.1 Å². The molecular formula is C13H22. The average Bonchev–Trinajstić information content (AvgIpc) is 2.01. The van der Waals surface area contributed by atoms with Crippen molar-refractivity contribution >= 4 is 0 Å². The Kier molecular flexibility index (Phi) is 4.19. The number of hydrogen-bond acceptors (Lipinski definition) is 0. The summed E-state index contributed by atoms with van der Waals surface area (Å²) in [7, 11) is 0. The normalized spacial score (nSPS) is 14.6. The van der Waals surface area contributed by atoms with E-state index in [9.17, 15) is 0 Å². The molecule has 0 aromatic carbocycles. The monoisotopic (exact) mass is 178 g/mol. The second kappa shape index (κ2) is 4.45. The molecular weight excluding hydrogens is 156 g/mol. The lowest BCUT2D eigenvalue weighted by atomic mass is 9.82. The smallest absolute Gasteiger partial charge is 0.00371 e. The summed E-state index contributed by atoms with van der Waals surface area (Å²) < 4.78 is 0. The highest BCUT2D eigenvalue weighted by Crippen LogP contribution is 2.29. The average molecular weight is 178 g/mol. The van der Waals surface area contributed by atoms with Gasteiger partial charge in [0.25, 0.3) is 0 Å². The van der Waals surface area contributed by atoms with Gasteiger partial charge in [0.1, 0.15) is 0 Å². The van der Waals surface area contributed by atoms with Gasteiger partial charge in [-0.3, -0.25) is 0 Å². The summed E-state index contributed by atoms with van der Waals surface area (Å²) in [6.45, 7) is 16.8. The van der Waals surface area contributed by atoms with Crippen molar-refractivity contribution in [2.75, 3.05) is 0 Å². The van der Waals surface area contributed by atoms with Gasteiger partial charge in [-0.1, -0.05) is 49.3 Å². The molecule has 0 atom stereocenters. The van der Waals surface area contributed by atoms with E-state index in [-0.39, 0.29) is 5.41 Å². The fourth-order valence-corrected chi connectivity index (χ4v) is 1.15. The van der Waals surface area contributed by atoms with E-state index in [2.05, 4.69) is 53.3 Å². The Labute approximate surface area is 83.0 Å². The van der Waals surface area contributed by atoms with Gasteiger partial charge in [-0.15, -0.1) is 0 Å². The molecule has 0 aromatic heterocycles. The predicted octanol–water partition coefficient (Wildman–Crippen LogP) is 4.50. The molecule has 0 aromatic rings. The maximum atomic E-state index is 3.94. The topological polar surface area (TPSA) is 0 Å². The molecule has 0 rings (SSSR count). The van der Waals surface area contributed by atoms with Crippen LogP contribution >= 0.6 is 0 Å². The minimum atomic E-state index is 0.151. The van der Waals surface area contributed by atoms with Gasteiger partial charge in [0.05, 0.1) is 0 Å². The van der Waals surface area contributed by atoms with Crippen molar-refractivity contribution in [3.8, 4) is 0 Å². The van der Waals surface area contributed by atoms with Crippen LogP contribution in [0.15, 0.2) is 35.5 Å². The Bertz CT molecular complexity index is 249. The van der Waals surface area contributed by atoms with Crippen molar-refractivity contribution in [3.63, 3.8) is 0 Å². The third-order valence-electron chi connectivity index (χ3n) is 2.70. The van der Waals surface area contributed by atoms with Crippen LogP contribution in [0.5, 0.6) is 0 Å². The summed E-state index contributed by atoms with van der Waals surface area (Å²) >= 11 is 0. The van der Waals surface area contributed by atoms with Gasteiger partial charge in [0.15, 0.2) is 0 Å². The highest BCUT2D eigenvalue weighted by Gasteiger charge is 2.16. The fourth-order valence-electron chi connectivity index (χ4n) is 1.15. The maximum Gasteiger partial charge on any atom is 0.00371 e. The van der Waals surface area contributed by atoms with Crippen molar-refractivity contribution in [2.24, 2.45) is 5.41 Å². The summed E-state index contributed by atoms with van der Waals surface area (Å²) in [5.74, 6) is 0. The molecule has 0 heteroatoms. The molecule has 0 unspecified atom stereocenters. The molecule has 74 valence electrons. The summed E-state index contributed by atoms with van der Waals surface area (Å²) in [6.07, 6.45) is 4.45. The van der Waals surface area contributed by atoms with Gasteiger partial charge >= 0.3 is 0 Å². The third-order valence-corrected chi connectivity index (χ3v) is 2.70. The highest BCUT2D eigenvalue weighted by molar-refractivity contribution is 5.29. The lowest BCUT2D eigenvalue weighted by Gasteiger charge is -2.23. The first-order valence-corrected chi connectivity index (χ1v) is 4.80. The first kappa shape index (κ1) is 12.2. The van der Waals surface area contributed by atoms with Crippen LogP contribution in [0.4, 0.5) is 0 Å². The van der Waals surface area contributed by atoms with Crippen LogP contribution in [0.3, 0.4) is 0 Å². The van der Waals surface area contributed by atoms with Crippen molar-refractivity contribution in [3.05, 3.63) is 35.5 Å². The molecule has 0 amide bonds. The van der Waals surface area contributed by atoms with Crippen LogP contribution in [-0.2, 0) is 0 Å². The highest BCUT2D eigenvalue weighted by atomic mass is 14.2. The van der Waals surface area contributed by atoms with Crippen LogP contribution in [0.2, 0.25) is 0 Å². The molecule has 0 nitrogen and oxygen atoms in total. The summed E-state index contributed by atoms with van der Waals surface area (Å²) in [5, 5.41) is 0. The SMILES string of the molecule is C=C(C)C(C)=CC(C)(C)C(C)=CC. The van der Waals surface area contributed by atoms with Crippen LogP contribution in [-0.4, -0.2) is 0 Å². The van der Waals surface area contributed by atoms with E-state index in [1.54, 1.807) is 0 Å². The number of hydrogen-bond donors (Lipinski definition) is 0. The molecule has 0 aliphatic heterocycles. The van der Waals surface area contributed by atoms with Crippen molar-refractivity contribution in [1.29, 1.82) is 0 Å². The summed E-state index contributed by atoms with van der Waals surface area (Å²) in [5.41, 5.74) is 3.98. The zero-order chi connectivity index (χ0) is 10.6. The van der Waals surface area contributed by atoms with Crippen LogP contribution in [0, 0.1) is 5.41 Å². The first-order valence-electron chi connectivity index (χ1n) is 4.80. The van der Waals surface area contributed by atoms with E-state index < -0.39 is 0 Å². The predicted molar refractivity (Wildman–Crippen MR) is 61.8 cm³/mol. The second-order valence-corrected chi connectivity index (χ2v) is 4.30. The van der Waals surface area contributed by atoms with Crippen molar-refractivity contribution in [2.45, 2.75) is 41.5 Å². The molecule has 0 heterocycles. The van der Waals surface area contributed by atoms with Crippen LogP contribution < -0.4 is 0 Å². The molecule has 0 fully saturated rings. The minimum Gasteiger partial charge on any atom is -0.0959 e. The molecule has 0 aliphatic rings. The molecule has 0 aliphatic carbocycles. The lowest BCUT2D eigenvalue weighted by molar-refractivity contribution is 0.574. The van der Waals surface area contributed by atoms with E-state index in [4.69, 9.17) is 0 Å². The molecule has 0 saturated heterocycles. The van der Waals surface area contributed by atoms with Crippen LogP contribution in [0.25, 0.3) is 0 Å². The van der Waals surface area contributed by atoms with Gasteiger partial charge in [0.2, 0.25) is 0 Å². The largest absolute Gasteiger partial charge is 0.0959 e. The molecule has 13 heavy (non-hydrogen) atoms. The zero-order valence-electron chi connectivity index (χ0n) is 9.86. The Hall–Kier alpha value is -0.780. The zero-order valence-corrected chi connectivity index (χ0v) is 9.86. The molecule has 0 saturated carbocycles. The number of rotatable bonds is 3. The Morgan fingerprint density at radius 2 is 1.62 bits per heavy atom. The van der Waals surface area contributed by atoms with Crippen molar-refractivity contribution < 1.29 is 0 Å². The van der Waals surface area contributed by atoms with E-state index in [0.717, 1.165) is 5.57 Å². The van der Waals surface area contributed by atoms with Gasteiger partial charge in [-0.2, -0.15) is 0 Å². The molecule has 0 spiro atoms. The first-order chi connectivity index (χ1) is 5.81. The molecule has 0 radical (unpaired) electrons. The van der Waals surface area contributed by atoms with Gasteiger partial charge < -0.3 is 0 Å². The van der Waals surface area contributed by atoms with E-state index in [1.807, 2.05) is 6.92 Å². The maximum absolute atomic E-state index is 3.94. The number of allylic oxidation sites excluding steroid dienone is 5. The Balaban J connectivity index is 4.88. The lowest BCUT2D eigenvalue weighted by Crippen LogP contribution is -2.09. The molecule has 0 N–H and O–H groups in total. The second-order valence-electron chi connectivity index (χ2n) is 4.30. The quantitative estimate of drug-likeness (QED) is 0.441. The van der Waals surface area contributed by atoms with E-state index in [0.29, 0.717) is 0 Å². The Morgan fingerprint density at radius 3 is 1.92 bits per heavy atom. The van der Waals surface area contributed by atoms with E-state index >= 15 is 0 Å². The molecule has 0 bridgehead atoms. The van der Waals surface area contributed by atoms with Crippen LogP contribution in [0.1, 0.15) is 41.5 Å². The standard InChI is InChI=1S/C13H22/c1-8-12(5)13(6,7)9-11(4)10(2)3/h8-9H,2H2,1,3-7H3. The Morgan fingerprint density at radius 1 is 1.15 bits per heavy atom. The van der Waals surface area contributed by atoms with Gasteiger partial charge in [0, 0.05) is 5.41 Å². The van der Waals surface area contributed by atoms with Crippen molar-refractivity contribution in [1.82, 2.24) is 0 Å². The third kappa shape index (κ3) is 3.63. The minimum absolute atomic E-state index is 0.151. The van der Waals surface area contributed by atoms with Gasteiger partial charge in [-0.25, -0.2) is 0 Å².